The molecule has 0 saturated carbocycles. The molecule has 0 aliphatic carbocycles. The third-order valence-electron chi connectivity index (χ3n) is 6.37. The van der Waals surface area contributed by atoms with Gasteiger partial charge in [0.15, 0.2) is 0 Å². The molecule has 2 saturated heterocycles. The van der Waals surface area contributed by atoms with Gasteiger partial charge in [-0.1, -0.05) is 30.3 Å². The number of aliphatic hydroxyl groups is 1. The molecule has 0 radical (unpaired) electrons. The predicted octanol–water partition coefficient (Wildman–Crippen LogP) is 2.50. The number of likely N-dealkylation sites (tertiary alicyclic amines) is 2. The van der Waals surface area contributed by atoms with Gasteiger partial charge in [-0.2, -0.15) is 0 Å². The number of nitrogens with zero attached hydrogens (tertiary/aromatic N) is 3. The van der Waals surface area contributed by atoms with Crippen molar-refractivity contribution in [3.63, 3.8) is 0 Å². The van der Waals surface area contributed by atoms with Gasteiger partial charge < -0.3 is 14.9 Å². The van der Waals surface area contributed by atoms with E-state index in [9.17, 15) is 14.7 Å². The van der Waals surface area contributed by atoms with E-state index >= 15 is 0 Å². The highest BCUT2D eigenvalue weighted by molar-refractivity contribution is 8.14. The Morgan fingerprint density at radius 2 is 1.90 bits per heavy atom. The summed E-state index contributed by atoms with van der Waals surface area (Å²) in [5.74, 6) is 0.990. The minimum atomic E-state index is -0.694. The third-order valence-corrected chi connectivity index (χ3v) is 7.42. The van der Waals surface area contributed by atoms with Crippen LogP contribution in [0.4, 0.5) is 0 Å². The fraction of sp³-hybridized carbons (Fsp3) is 0.609. The molecule has 3 aliphatic rings. The zero-order valence-corrected chi connectivity index (χ0v) is 18.2. The molecule has 2 amide bonds. The van der Waals surface area contributed by atoms with Crippen LogP contribution in [0.3, 0.4) is 0 Å². The van der Waals surface area contributed by atoms with Gasteiger partial charge in [0.1, 0.15) is 12.1 Å². The molecule has 3 aliphatic heterocycles. The summed E-state index contributed by atoms with van der Waals surface area (Å²) in [7, 11) is 0. The van der Waals surface area contributed by atoms with Crippen LogP contribution in [-0.2, 0) is 16.0 Å². The molecule has 0 spiro atoms. The number of benzene rings is 1. The SMILES string of the molecule is O=C(CCCc1ccccc1)N1CCC[C@H]1C(=O)N1CCC[C@H]1C(O)C1=NCCS1. The summed E-state index contributed by atoms with van der Waals surface area (Å²) in [5.41, 5.74) is 1.24. The van der Waals surface area contributed by atoms with Crippen molar-refractivity contribution in [3.05, 3.63) is 35.9 Å². The highest BCUT2D eigenvalue weighted by Crippen LogP contribution is 2.29. The number of thioether (sulfide) groups is 1. The second-order valence-electron chi connectivity index (χ2n) is 8.34. The van der Waals surface area contributed by atoms with Gasteiger partial charge in [0.05, 0.1) is 11.1 Å². The van der Waals surface area contributed by atoms with Gasteiger partial charge in [-0.3, -0.25) is 14.6 Å². The molecule has 1 unspecified atom stereocenters. The van der Waals surface area contributed by atoms with Crippen molar-refractivity contribution < 1.29 is 14.7 Å². The molecule has 2 fully saturated rings. The maximum atomic E-state index is 13.4. The lowest BCUT2D eigenvalue weighted by atomic mass is 10.1. The van der Waals surface area contributed by atoms with Crippen molar-refractivity contribution in [2.45, 2.75) is 63.1 Å². The summed E-state index contributed by atoms with van der Waals surface area (Å²) in [4.78, 5) is 34.2. The lowest BCUT2D eigenvalue weighted by Gasteiger charge is -2.33. The number of aliphatic hydroxyl groups excluding tert-OH is 1. The lowest BCUT2D eigenvalue weighted by molar-refractivity contribution is -0.145. The lowest BCUT2D eigenvalue weighted by Crippen LogP contribution is -2.52. The first-order valence-electron chi connectivity index (χ1n) is 11.1. The average Bonchev–Trinajstić information content (AvgIpc) is 3.55. The molecular formula is C23H31N3O3S. The zero-order valence-electron chi connectivity index (χ0n) is 17.4. The predicted molar refractivity (Wildman–Crippen MR) is 120 cm³/mol. The van der Waals surface area contributed by atoms with E-state index in [1.807, 2.05) is 23.1 Å². The van der Waals surface area contributed by atoms with E-state index in [1.54, 1.807) is 16.7 Å². The molecule has 6 nitrogen and oxygen atoms in total. The van der Waals surface area contributed by atoms with E-state index in [4.69, 9.17) is 0 Å². The van der Waals surface area contributed by atoms with Gasteiger partial charge in [-0.15, -0.1) is 11.8 Å². The van der Waals surface area contributed by atoms with Gasteiger partial charge in [-0.05, 0) is 44.1 Å². The van der Waals surface area contributed by atoms with Crippen LogP contribution >= 0.6 is 11.8 Å². The monoisotopic (exact) mass is 429 g/mol. The van der Waals surface area contributed by atoms with E-state index in [1.165, 1.54) is 5.56 Å². The van der Waals surface area contributed by atoms with Crippen LogP contribution in [-0.4, -0.2) is 75.3 Å². The largest absolute Gasteiger partial charge is 0.384 e. The minimum absolute atomic E-state index is 0.00839. The van der Waals surface area contributed by atoms with Crippen molar-refractivity contribution in [3.8, 4) is 0 Å². The summed E-state index contributed by atoms with van der Waals surface area (Å²) in [6, 6.07) is 9.61. The van der Waals surface area contributed by atoms with E-state index in [0.29, 0.717) is 19.5 Å². The van der Waals surface area contributed by atoms with Crippen molar-refractivity contribution in [2.24, 2.45) is 4.99 Å². The Hall–Kier alpha value is -1.86. The minimum Gasteiger partial charge on any atom is -0.384 e. The zero-order chi connectivity index (χ0) is 20.9. The summed E-state index contributed by atoms with van der Waals surface area (Å²) in [5, 5.41) is 11.5. The summed E-state index contributed by atoms with van der Waals surface area (Å²) < 4.78 is 0. The van der Waals surface area contributed by atoms with Crippen LogP contribution in [0.5, 0.6) is 0 Å². The van der Waals surface area contributed by atoms with Crippen LogP contribution in [0.1, 0.15) is 44.1 Å². The number of hydrogen-bond donors (Lipinski definition) is 1. The van der Waals surface area contributed by atoms with Crippen LogP contribution in [0.2, 0.25) is 0 Å². The number of aliphatic imine (C=N–C) groups is 1. The van der Waals surface area contributed by atoms with Crippen LogP contribution < -0.4 is 0 Å². The van der Waals surface area contributed by atoms with Gasteiger partial charge >= 0.3 is 0 Å². The molecule has 3 heterocycles. The first kappa shape index (κ1) is 21.4. The number of carbonyl (C=O) groups excluding carboxylic acids is 2. The summed E-state index contributed by atoms with van der Waals surface area (Å²) >= 11 is 1.59. The highest BCUT2D eigenvalue weighted by atomic mass is 32.2. The quantitative estimate of drug-likeness (QED) is 0.723. The second-order valence-corrected chi connectivity index (χ2v) is 9.45. The van der Waals surface area contributed by atoms with Crippen LogP contribution in [0.25, 0.3) is 0 Å². The molecule has 1 aromatic rings. The van der Waals surface area contributed by atoms with E-state index in [2.05, 4.69) is 17.1 Å². The molecule has 7 heteroatoms. The van der Waals surface area contributed by atoms with Crippen LogP contribution in [0, 0.1) is 0 Å². The summed E-state index contributed by atoms with van der Waals surface area (Å²) in [6.07, 6.45) is 4.72. The standard InChI is InChI=1S/C23H31N3O3S/c27-20(12-4-9-17-7-2-1-3-8-17)25-14-6-11-19(25)23(29)26-15-5-10-18(26)21(28)22-24-13-16-30-22/h1-3,7-8,18-19,21,28H,4-6,9-16H2/t18-,19-,21?/m0/s1. The molecule has 1 N–H and O–H groups in total. The number of rotatable bonds is 7. The Morgan fingerprint density at radius 1 is 1.13 bits per heavy atom. The maximum Gasteiger partial charge on any atom is 0.245 e. The molecule has 3 atom stereocenters. The van der Waals surface area contributed by atoms with E-state index in [0.717, 1.165) is 55.9 Å². The van der Waals surface area contributed by atoms with Gasteiger partial charge in [-0.25, -0.2) is 0 Å². The Morgan fingerprint density at radius 3 is 2.67 bits per heavy atom. The van der Waals surface area contributed by atoms with Crippen molar-refractivity contribution in [2.75, 3.05) is 25.4 Å². The summed E-state index contributed by atoms with van der Waals surface area (Å²) in [6.45, 7) is 2.06. The topological polar surface area (TPSA) is 73.2 Å². The normalized spacial score (nSPS) is 24.9. The van der Waals surface area contributed by atoms with Gasteiger partial charge in [0.25, 0.3) is 0 Å². The van der Waals surface area contributed by atoms with Gasteiger partial charge in [0.2, 0.25) is 11.8 Å². The Kier molecular flexibility index (Phi) is 7.10. The Bertz CT molecular complexity index is 785. The molecular weight excluding hydrogens is 398 g/mol. The first-order chi connectivity index (χ1) is 14.6. The first-order valence-corrected chi connectivity index (χ1v) is 12.1. The fourth-order valence-electron chi connectivity index (χ4n) is 4.83. The number of carbonyl (C=O) groups is 2. The van der Waals surface area contributed by atoms with Crippen molar-refractivity contribution in [1.29, 1.82) is 0 Å². The molecule has 0 aromatic heterocycles. The highest BCUT2D eigenvalue weighted by Gasteiger charge is 2.42. The van der Waals surface area contributed by atoms with Crippen LogP contribution in [0.15, 0.2) is 35.3 Å². The molecule has 1 aromatic carbocycles. The molecule has 30 heavy (non-hydrogen) atoms. The van der Waals surface area contributed by atoms with E-state index < -0.39 is 6.10 Å². The number of hydrogen-bond acceptors (Lipinski definition) is 5. The second kappa shape index (κ2) is 9.96. The fourth-order valence-corrected chi connectivity index (χ4v) is 5.74. The van der Waals surface area contributed by atoms with Gasteiger partial charge in [0, 0.05) is 31.8 Å². The third kappa shape index (κ3) is 4.72. The molecule has 162 valence electrons. The Balaban J connectivity index is 1.34. The van der Waals surface area contributed by atoms with Crippen molar-refractivity contribution in [1.82, 2.24) is 9.80 Å². The smallest absolute Gasteiger partial charge is 0.245 e. The molecule has 4 rings (SSSR count). The molecule has 0 bridgehead atoms. The Labute approximate surface area is 182 Å². The van der Waals surface area contributed by atoms with E-state index in [-0.39, 0.29) is 23.9 Å². The number of aryl methyl sites for hydroxylation is 1. The number of amides is 2. The maximum absolute atomic E-state index is 13.4. The average molecular weight is 430 g/mol. The van der Waals surface area contributed by atoms with Crippen molar-refractivity contribution >= 4 is 28.6 Å².